The van der Waals surface area contributed by atoms with Crippen LogP contribution >= 0.6 is 0 Å². The van der Waals surface area contributed by atoms with Gasteiger partial charge in [-0.3, -0.25) is 4.98 Å². The number of ether oxygens (including phenoxy) is 1. The van der Waals surface area contributed by atoms with Gasteiger partial charge in [0.15, 0.2) is 0 Å². The van der Waals surface area contributed by atoms with Crippen molar-refractivity contribution in [2.45, 2.75) is 30.9 Å². The molecule has 2 atom stereocenters. The number of pyridine rings is 1. The topological polar surface area (TPSA) is 54.5 Å². The van der Waals surface area contributed by atoms with Crippen molar-refractivity contribution in [3.8, 4) is 0 Å². The summed E-state index contributed by atoms with van der Waals surface area (Å²) < 4.78 is 57.2. The summed E-state index contributed by atoms with van der Waals surface area (Å²) in [5, 5.41) is 2.14. The molecule has 0 aromatic carbocycles. The number of carbonyl (C=O) groups excluding carboxylic acids is 1. The zero-order chi connectivity index (χ0) is 17.0. The molecule has 0 unspecified atom stereocenters. The summed E-state index contributed by atoms with van der Waals surface area (Å²) in [7, 11) is 1.29. The molecule has 2 heterocycles. The second kappa shape index (κ2) is 7.12. The van der Waals surface area contributed by atoms with Crippen LogP contribution in [0.15, 0.2) is 24.5 Å². The Balaban J connectivity index is 2.10. The lowest BCUT2D eigenvalue weighted by atomic mass is 10.0. The Kier molecular flexibility index (Phi) is 5.40. The van der Waals surface area contributed by atoms with E-state index in [2.05, 4.69) is 15.0 Å². The van der Waals surface area contributed by atoms with E-state index in [1.54, 1.807) is 0 Å². The molecule has 2 rings (SSSR count). The van der Waals surface area contributed by atoms with Crippen molar-refractivity contribution in [3.05, 3.63) is 30.1 Å². The van der Waals surface area contributed by atoms with Crippen LogP contribution in [0.1, 0.15) is 18.0 Å². The van der Waals surface area contributed by atoms with Gasteiger partial charge >= 0.3 is 6.03 Å². The van der Waals surface area contributed by atoms with Gasteiger partial charge in [0.2, 0.25) is 6.43 Å². The van der Waals surface area contributed by atoms with Crippen molar-refractivity contribution < 1.29 is 27.1 Å². The van der Waals surface area contributed by atoms with E-state index in [1.165, 1.54) is 31.6 Å². The average molecular weight is 335 g/mol. The third kappa shape index (κ3) is 4.31. The smallest absolute Gasteiger partial charge is 0.318 e. The lowest BCUT2D eigenvalue weighted by molar-refractivity contribution is -0.0226. The molecule has 1 aromatic heterocycles. The Morgan fingerprint density at radius 1 is 1.48 bits per heavy atom. The highest BCUT2D eigenvalue weighted by Crippen LogP contribution is 2.28. The van der Waals surface area contributed by atoms with E-state index in [4.69, 9.17) is 0 Å². The Bertz CT molecular complexity index is 530. The highest BCUT2D eigenvalue weighted by Gasteiger charge is 2.46. The number of carbonyl (C=O) groups is 1. The second-order valence-electron chi connectivity index (χ2n) is 5.31. The lowest BCUT2D eigenvalue weighted by Gasteiger charge is -2.30. The van der Waals surface area contributed by atoms with Gasteiger partial charge in [0.1, 0.15) is 12.6 Å². The van der Waals surface area contributed by atoms with Gasteiger partial charge in [-0.05, 0) is 17.7 Å². The maximum atomic E-state index is 13.5. The van der Waals surface area contributed by atoms with Crippen LogP contribution < -0.4 is 5.32 Å². The minimum atomic E-state index is -3.18. The van der Waals surface area contributed by atoms with Gasteiger partial charge in [-0.1, -0.05) is 0 Å². The van der Waals surface area contributed by atoms with Crippen LogP contribution in [0.4, 0.5) is 22.4 Å². The van der Waals surface area contributed by atoms with Crippen molar-refractivity contribution in [1.29, 1.82) is 0 Å². The molecular weight excluding hydrogens is 318 g/mol. The van der Waals surface area contributed by atoms with Crippen LogP contribution in [0.3, 0.4) is 0 Å². The SMILES string of the molecule is CN(C(=O)N[C@@H]1COCC1(F)F)[C@H](CC(F)F)c1ccncc1. The van der Waals surface area contributed by atoms with Crippen LogP contribution in [0, 0.1) is 0 Å². The highest BCUT2D eigenvalue weighted by molar-refractivity contribution is 5.75. The number of urea groups is 1. The summed E-state index contributed by atoms with van der Waals surface area (Å²) in [4.78, 5) is 16.9. The number of rotatable bonds is 5. The average Bonchev–Trinajstić information content (AvgIpc) is 2.83. The van der Waals surface area contributed by atoms with Crippen LogP contribution in [0.25, 0.3) is 0 Å². The van der Waals surface area contributed by atoms with Gasteiger partial charge in [0.05, 0.1) is 12.6 Å². The molecule has 1 aliphatic rings. The van der Waals surface area contributed by atoms with E-state index >= 15 is 0 Å². The third-order valence-electron chi connectivity index (χ3n) is 3.67. The number of halogens is 4. The van der Waals surface area contributed by atoms with Gasteiger partial charge in [-0.15, -0.1) is 0 Å². The molecule has 5 nitrogen and oxygen atoms in total. The fraction of sp³-hybridized carbons (Fsp3) is 0.571. The largest absolute Gasteiger partial charge is 0.373 e. The van der Waals surface area contributed by atoms with Gasteiger partial charge < -0.3 is 15.0 Å². The minimum absolute atomic E-state index is 0.318. The quantitative estimate of drug-likeness (QED) is 0.841. The molecule has 0 radical (unpaired) electrons. The van der Waals surface area contributed by atoms with Crippen molar-refractivity contribution in [3.63, 3.8) is 0 Å². The molecule has 23 heavy (non-hydrogen) atoms. The van der Waals surface area contributed by atoms with Crippen LogP contribution in [-0.4, -0.2) is 54.6 Å². The van der Waals surface area contributed by atoms with Crippen molar-refractivity contribution >= 4 is 6.03 Å². The number of nitrogens with one attached hydrogen (secondary N) is 1. The van der Waals surface area contributed by atoms with Gasteiger partial charge in [0, 0.05) is 25.9 Å². The first-order chi connectivity index (χ1) is 10.8. The summed E-state index contributed by atoms with van der Waals surface area (Å²) in [6.45, 7) is -1.09. The van der Waals surface area contributed by atoms with Crippen molar-refractivity contribution in [2.24, 2.45) is 0 Å². The van der Waals surface area contributed by atoms with E-state index in [9.17, 15) is 22.4 Å². The molecule has 0 bridgehead atoms. The van der Waals surface area contributed by atoms with E-state index < -0.39 is 43.5 Å². The predicted molar refractivity (Wildman–Crippen MR) is 73.4 cm³/mol. The Hall–Kier alpha value is -1.90. The summed E-state index contributed by atoms with van der Waals surface area (Å²) >= 11 is 0. The fourth-order valence-corrected chi connectivity index (χ4v) is 2.35. The zero-order valence-electron chi connectivity index (χ0n) is 12.4. The molecule has 1 fully saturated rings. The Morgan fingerprint density at radius 3 is 2.65 bits per heavy atom. The first kappa shape index (κ1) is 17.5. The predicted octanol–water partition coefficient (Wildman–Crippen LogP) is 2.45. The Labute approximate surface area is 130 Å². The van der Waals surface area contributed by atoms with Crippen molar-refractivity contribution in [1.82, 2.24) is 15.2 Å². The van der Waals surface area contributed by atoms with Crippen LogP contribution in [0.2, 0.25) is 0 Å². The van der Waals surface area contributed by atoms with E-state index in [0.29, 0.717) is 5.56 Å². The Morgan fingerprint density at radius 2 is 2.13 bits per heavy atom. The second-order valence-corrected chi connectivity index (χ2v) is 5.31. The normalized spacial score (nSPS) is 21.2. The number of alkyl halides is 4. The van der Waals surface area contributed by atoms with E-state index in [0.717, 1.165) is 4.90 Å². The number of nitrogens with zero attached hydrogens (tertiary/aromatic N) is 2. The summed E-state index contributed by atoms with van der Waals surface area (Å²) in [6.07, 6.45) is -0.428. The van der Waals surface area contributed by atoms with Crippen LogP contribution in [-0.2, 0) is 4.74 Å². The molecule has 0 aliphatic carbocycles. The molecule has 0 saturated carbocycles. The molecule has 1 N–H and O–H groups in total. The maximum absolute atomic E-state index is 13.5. The first-order valence-electron chi connectivity index (χ1n) is 6.98. The maximum Gasteiger partial charge on any atom is 0.318 e. The monoisotopic (exact) mass is 335 g/mol. The number of hydrogen-bond acceptors (Lipinski definition) is 3. The zero-order valence-corrected chi connectivity index (χ0v) is 12.4. The highest BCUT2D eigenvalue weighted by atomic mass is 19.3. The third-order valence-corrected chi connectivity index (χ3v) is 3.67. The number of hydrogen-bond donors (Lipinski definition) is 1. The van der Waals surface area contributed by atoms with Gasteiger partial charge in [-0.2, -0.15) is 0 Å². The molecular formula is C14H17F4N3O2. The molecule has 1 aliphatic heterocycles. The van der Waals surface area contributed by atoms with Crippen LogP contribution in [0.5, 0.6) is 0 Å². The minimum Gasteiger partial charge on any atom is -0.373 e. The number of amides is 2. The summed E-state index contributed by atoms with van der Waals surface area (Å²) in [6, 6.07) is -0.271. The van der Waals surface area contributed by atoms with Gasteiger partial charge in [-0.25, -0.2) is 22.4 Å². The van der Waals surface area contributed by atoms with Crippen molar-refractivity contribution in [2.75, 3.05) is 20.3 Å². The molecule has 1 aromatic rings. The van der Waals surface area contributed by atoms with Gasteiger partial charge in [0.25, 0.3) is 5.92 Å². The first-order valence-corrected chi connectivity index (χ1v) is 6.98. The standard InChI is InChI=1S/C14H17F4N3O2/c1-21(13(22)20-11-7-23-8-14(11,17)18)10(6-12(15)16)9-2-4-19-5-3-9/h2-5,10-12H,6-8H2,1H3,(H,20,22)/t10-,11-/m1/s1. The molecule has 9 heteroatoms. The fourth-order valence-electron chi connectivity index (χ4n) is 2.35. The molecule has 128 valence electrons. The molecule has 2 amide bonds. The van der Waals surface area contributed by atoms with E-state index in [1.807, 2.05) is 0 Å². The lowest BCUT2D eigenvalue weighted by Crippen LogP contribution is -2.51. The molecule has 0 spiro atoms. The summed E-state index contributed by atoms with van der Waals surface area (Å²) in [5.41, 5.74) is 0.451. The summed E-state index contributed by atoms with van der Waals surface area (Å²) in [5.74, 6) is -3.18. The van der Waals surface area contributed by atoms with E-state index in [-0.39, 0.29) is 6.61 Å². The number of aromatic nitrogens is 1. The molecule has 1 saturated heterocycles.